The van der Waals surface area contributed by atoms with E-state index in [1.807, 2.05) is 12.1 Å². The van der Waals surface area contributed by atoms with Crippen LogP contribution in [0, 0.1) is 0 Å². The second kappa shape index (κ2) is 7.81. The molecule has 1 saturated carbocycles. The minimum absolute atomic E-state index is 0.420. The molecule has 0 spiro atoms. The molecule has 0 bridgehead atoms. The standard InChI is InChI=1S/C18H29NO2/c1-3-19-15(2)6-7-16-8-10-17(11-9-16)21-14-18(20)12-4-5-13-18/h8-11,15,19-20H,3-7,12-14H2,1-2H3. The molecule has 1 atom stereocenters. The third-order valence-electron chi connectivity index (χ3n) is 4.38. The van der Waals surface area contributed by atoms with Crippen molar-refractivity contribution in [2.45, 2.75) is 64.0 Å². The lowest BCUT2D eigenvalue weighted by atomic mass is 10.0. The molecule has 1 aromatic carbocycles. The molecular formula is C18H29NO2. The zero-order valence-corrected chi connectivity index (χ0v) is 13.4. The van der Waals surface area contributed by atoms with Crippen LogP contribution < -0.4 is 10.1 Å². The lowest BCUT2D eigenvalue weighted by Gasteiger charge is -2.22. The smallest absolute Gasteiger partial charge is 0.119 e. The van der Waals surface area contributed by atoms with Gasteiger partial charge in [0.25, 0.3) is 0 Å². The average Bonchev–Trinajstić information content (AvgIpc) is 2.92. The van der Waals surface area contributed by atoms with Gasteiger partial charge in [-0.1, -0.05) is 31.9 Å². The fraction of sp³-hybridized carbons (Fsp3) is 0.667. The predicted octanol–water partition coefficient (Wildman–Crippen LogP) is 3.30. The van der Waals surface area contributed by atoms with Crippen molar-refractivity contribution in [1.82, 2.24) is 5.32 Å². The van der Waals surface area contributed by atoms with Crippen molar-refractivity contribution in [3.8, 4) is 5.75 Å². The van der Waals surface area contributed by atoms with E-state index in [-0.39, 0.29) is 0 Å². The molecule has 1 aliphatic rings. The first-order valence-corrected chi connectivity index (χ1v) is 8.29. The summed E-state index contributed by atoms with van der Waals surface area (Å²) < 4.78 is 5.75. The van der Waals surface area contributed by atoms with Crippen LogP contribution in [-0.4, -0.2) is 29.9 Å². The van der Waals surface area contributed by atoms with Crippen molar-refractivity contribution in [3.05, 3.63) is 29.8 Å². The van der Waals surface area contributed by atoms with Crippen LogP contribution in [0.4, 0.5) is 0 Å². The van der Waals surface area contributed by atoms with Gasteiger partial charge < -0.3 is 15.2 Å². The first-order valence-electron chi connectivity index (χ1n) is 8.29. The largest absolute Gasteiger partial charge is 0.491 e. The molecule has 0 amide bonds. The number of aryl methyl sites for hydroxylation is 1. The third kappa shape index (κ3) is 5.33. The zero-order chi connectivity index (χ0) is 15.1. The van der Waals surface area contributed by atoms with Crippen molar-refractivity contribution in [1.29, 1.82) is 0 Å². The van der Waals surface area contributed by atoms with Crippen LogP contribution >= 0.6 is 0 Å². The number of nitrogens with one attached hydrogen (secondary N) is 1. The molecule has 1 fully saturated rings. The highest BCUT2D eigenvalue weighted by Crippen LogP contribution is 2.30. The molecule has 2 N–H and O–H groups in total. The lowest BCUT2D eigenvalue weighted by Crippen LogP contribution is -2.32. The Bertz CT molecular complexity index is 410. The van der Waals surface area contributed by atoms with Crippen molar-refractivity contribution in [3.63, 3.8) is 0 Å². The first-order chi connectivity index (χ1) is 10.1. The van der Waals surface area contributed by atoms with Gasteiger partial charge in [0.1, 0.15) is 12.4 Å². The molecule has 0 saturated heterocycles. The van der Waals surface area contributed by atoms with Gasteiger partial charge in [0, 0.05) is 6.04 Å². The van der Waals surface area contributed by atoms with Gasteiger partial charge >= 0.3 is 0 Å². The number of aliphatic hydroxyl groups is 1. The topological polar surface area (TPSA) is 41.5 Å². The summed E-state index contributed by atoms with van der Waals surface area (Å²) >= 11 is 0. The SMILES string of the molecule is CCNC(C)CCc1ccc(OCC2(O)CCCC2)cc1. The maximum absolute atomic E-state index is 10.3. The summed E-state index contributed by atoms with van der Waals surface area (Å²) in [7, 11) is 0. The Labute approximate surface area is 128 Å². The van der Waals surface area contributed by atoms with Gasteiger partial charge in [-0.05, 0) is 56.8 Å². The minimum atomic E-state index is -0.597. The lowest BCUT2D eigenvalue weighted by molar-refractivity contribution is 0.00140. The summed E-state index contributed by atoms with van der Waals surface area (Å²) in [4.78, 5) is 0. The Morgan fingerprint density at radius 2 is 1.90 bits per heavy atom. The maximum atomic E-state index is 10.3. The van der Waals surface area contributed by atoms with E-state index >= 15 is 0 Å². The Balaban J connectivity index is 1.76. The number of benzene rings is 1. The van der Waals surface area contributed by atoms with Gasteiger partial charge in [-0.3, -0.25) is 0 Å². The highest BCUT2D eigenvalue weighted by atomic mass is 16.5. The van der Waals surface area contributed by atoms with Gasteiger partial charge in [-0.2, -0.15) is 0 Å². The van der Waals surface area contributed by atoms with E-state index in [0.29, 0.717) is 12.6 Å². The highest BCUT2D eigenvalue weighted by molar-refractivity contribution is 5.27. The monoisotopic (exact) mass is 291 g/mol. The number of hydrogen-bond donors (Lipinski definition) is 2. The number of ether oxygens (including phenoxy) is 1. The Kier molecular flexibility index (Phi) is 6.07. The molecule has 1 aromatic rings. The summed E-state index contributed by atoms with van der Waals surface area (Å²) in [6, 6.07) is 8.86. The molecule has 0 aliphatic heterocycles. The molecule has 1 unspecified atom stereocenters. The molecule has 1 aliphatic carbocycles. The molecule has 2 rings (SSSR count). The Hall–Kier alpha value is -1.06. The zero-order valence-electron chi connectivity index (χ0n) is 13.4. The maximum Gasteiger partial charge on any atom is 0.119 e. The van der Waals surface area contributed by atoms with E-state index in [0.717, 1.165) is 50.8 Å². The van der Waals surface area contributed by atoms with Gasteiger partial charge in [0.2, 0.25) is 0 Å². The van der Waals surface area contributed by atoms with Crippen molar-refractivity contribution >= 4 is 0 Å². The molecule has 0 heterocycles. The van der Waals surface area contributed by atoms with Gasteiger partial charge in [-0.25, -0.2) is 0 Å². The van der Waals surface area contributed by atoms with E-state index < -0.39 is 5.60 Å². The Morgan fingerprint density at radius 3 is 2.52 bits per heavy atom. The Morgan fingerprint density at radius 1 is 1.24 bits per heavy atom. The average molecular weight is 291 g/mol. The first kappa shape index (κ1) is 16.3. The van der Waals surface area contributed by atoms with Crippen LogP contribution in [0.15, 0.2) is 24.3 Å². The summed E-state index contributed by atoms with van der Waals surface area (Å²) in [6.07, 6.45) is 6.19. The quantitative estimate of drug-likeness (QED) is 0.772. The molecule has 21 heavy (non-hydrogen) atoms. The van der Waals surface area contributed by atoms with Crippen LogP contribution in [0.1, 0.15) is 51.5 Å². The van der Waals surface area contributed by atoms with Crippen molar-refractivity contribution < 1.29 is 9.84 Å². The van der Waals surface area contributed by atoms with Gasteiger partial charge in [0.05, 0.1) is 5.60 Å². The van der Waals surface area contributed by atoms with Crippen LogP contribution in [0.3, 0.4) is 0 Å². The third-order valence-corrected chi connectivity index (χ3v) is 4.38. The summed E-state index contributed by atoms with van der Waals surface area (Å²) in [5.41, 5.74) is 0.742. The second-order valence-electron chi connectivity index (χ2n) is 6.36. The minimum Gasteiger partial charge on any atom is -0.491 e. The summed E-state index contributed by atoms with van der Waals surface area (Å²) in [6.45, 7) is 5.81. The van der Waals surface area contributed by atoms with E-state index in [1.165, 1.54) is 5.56 Å². The van der Waals surface area contributed by atoms with E-state index in [4.69, 9.17) is 4.74 Å². The second-order valence-corrected chi connectivity index (χ2v) is 6.36. The van der Waals surface area contributed by atoms with Crippen LogP contribution in [0.25, 0.3) is 0 Å². The molecule has 118 valence electrons. The molecule has 3 heteroatoms. The van der Waals surface area contributed by atoms with Gasteiger partial charge in [0.15, 0.2) is 0 Å². The fourth-order valence-electron chi connectivity index (χ4n) is 2.98. The van der Waals surface area contributed by atoms with E-state index in [9.17, 15) is 5.11 Å². The molecule has 0 aromatic heterocycles. The number of rotatable bonds is 8. The van der Waals surface area contributed by atoms with E-state index in [2.05, 4.69) is 31.3 Å². The van der Waals surface area contributed by atoms with Crippen molar-refractivity contribution in [2.75, 3.05) is 13.2 Å². The fourth-order valence-corrected chi connectivity index (χ4v) is 2.98. The predicted molar refractivity (Wildman–Crippen MR) is 86.8 cm³/mol. The number of hydrogen-bond acceptors (Lipinski definition) is 3. The molecule has 3 nitrogen and oxygen atoms in total. The molecular weight excluding hydrogens is 262 g/mol. The van der Waals surface area contributed by atoms with Gasteiger partial charge in [-0.15, -0.1) is 0 Å². The summed E-state index contributed by atoms with van der Waals surface area (Å²) in [5, 5.41) is 13.7. The molecule has 0 radical (unpaired) electrons. The van der Waals surface area contributed by atoms with Crippen molar-refractivity contribution in [2.24, 2.45) is 0 Å². The van der Waals surface area contributed by atoms with E-state index in [1.54, 1.807) is 0 Å². The highest BCUT2D eigenvalue weighted by Gasteiger charge is 2.31. The van der Waals surface area contributed by atoms with Crippen LogP contribution in [0.2, 0.25) is 0 Å². The normalized spacial score (nSPS) is 18.6. The summed E-state index contributed by atoms with van der Waals surface area (Å²) in [5.74, 6) is 0.860. The van der Waals surface area contributed by atoms with Crippen LogP contribution in [0.5, 0.6) is 5.75 Å². The van der Waals surface area contributed by atoms with Crippen LogP contribution in [-0.2, 0) is 6.42 Å².